The van der Waals surface area contributed by atoms with Gasteiger partial charge in [-0.25, -0.2) is 15.0 Å². The largest absolute Gasteiger partial charge is 0.309 e. The number of nitrogens with zero attached hydrogens (tertiary/aromatic N) is 7. The van der Waals surface area contributed by atoms with Crippen molar-refractivity contribution in [1.29, 1.82) is 10.5 Å². The molecule has 0 aliphatic heterocycles. The Morgan fingerprint density at radius 2 is 0.736 bits per heavy atom. The predicted molar refractivity (Wildman–Crippen MR) is 291 cm³/mol. The van der Waals surface area contributed by atoms with Crippen molar-refractivity contribution in [2.45, 2.75) is 0 Å². The molecule has 0 saturated carbocycles. The summed E-state index contributed by atoms with van der Waals surface area (Å²) in [7, 11) is 0. The third-order valence-corrected chi connectivity index (χ3v) is 13.6. The van der Waals surface area contributed by atoms with E-state index in [1.807, 2.05) is 91.0 Å². The van der Waals surface area contributed by atoms with Crippen LogP contribution in [0, 0.1) is 22.7 Å². The predicted octanol–water partition coefficient (Wildman–Crippen LogP) is 15.8. The summed E-state index contributed by atoms with van der Waals surface area (Å²) < 4.78 is 4.50. The topological polar surface area (TPSA) is 96.1 Å². The van der Waals surface area contributed by atoms with Gasteiger partial charge in [-0.15, -0.1) is 0 Å². The molecule has 13 rings (SSSR count). The van der Waals surface area contributed by atoms with Gasteiger partial charge in [0.25, 0.3) is 0 Å². The molecule has 0 radical (unpaired) electrons. The quantitative estimate of drug-likeness (QED) is 0.151. The smallest absolute Gasteiger partial charge is 0.164 e. The third kappa shape index (κ3) is 7.17. The minimum absolute atomic E-state index is 0.436. The molecule has 7 heteroatoms. The van der Waals surface area contributed by atoms with E-state index in [0.717, 1.165) is 99.5 Å². The highest BCUT2D eigenvalue weighted by Crippen LogP contribution is 2.41. The fourth-order valence-electron chi connectivity index (χ4n) is 10.3. The first kappa shape index (κ1) is 41.9. The molecule has 0 atom stereocenters. The average molecular weight is 918 g/mol. The lowest BCUT2D eigenvalue weighted by Crippen LogP contribution is -2.03. The highest BCUT2D eigenvalue weighted by atomic mass is 15.0. The van der Waals surface area contributed by atoms with E-state index in [4.69, 9.17) is 15.0 Å². The molecule has 0 bridgehead atoms. The highest BCUT2D eigenvalue weighted by Gasteiger charge is 2.21. The molecule has 3 heterocycles. The Balaban J connectivity index is 0.979. The first-order valence-corrected chi connectivity index (χ1v) is 23.8. The van der Waals surface area contributed by atoms with E-state index in [1.165, 1.54) is 0 Å². The summed E-state index contributed by atoms with van der Waals surface area (Å²) in [5.41, 5.74) is 15.5. The lowest BCUT2D eigenvalue weighted by Gasteiger charge is -2.17. The summed E-state index contributed by atoms with van der Waals surface area (Å²) in [6, 6.07) is 85.6. The maximum absolute atomic E-state index is 10.9. The Morgan fingerprint density at radius 1 is 0.292 bits per heavy atom. The normalized spacial score (nSPS) is 11.3. The van der Waals surface area contributed by atoms with E-state index in [2.05, 4.69) is 167 Å². The Morgan fingerprint density at radius 3 is 1.29 bits per heavy atom. The first-order valence-electron chi connectivity index (χ1n) is 23.8. The molecule has 0 fully saturated rings. The molecular weight excluding hydrogens is 879 g/mol. The maximum atomic E-state index is 10.9. The molecule has 0 N–H and O–H groups in total. The third-order valence-electron chi connectivity index (χ3n) is 13.6. The van der Waals surface area contributed by atoms with Crippen LogP contribution in [0.2, 0.25) is 0 Å². The van der Waals surface area contributed by atoms with Crippen molar-refractivity contribution in [3.63, 3.8) is 0 Å². The first-order chi connectivity index (χ1) is 35.6. The standard InChI is InChI=1S/C65H39N7/c66-40-42-15-14-22-48(35-42)54-39-50(30-34-60(54)72-59-26-13-11-24-53(59)56-38-47(28-33-62(56)72)44-18-6-2-7-19-44)65-69-63(45-20-8-3-9-21-45)68-64(70-65)49-29-31-57(51(36-49)41-67)71-58-25-12-10-23-52(58)55-37-46(27-32-61(55)71)43-16-4-1-5-17-43/h1-39H. The van der Waals surface area contributed by atoms with Gasteiger partial charge in [-0.1, -0.05) is 152 Å². The number of benzene rings is 10. The van der Waals surface area contributed by atoms with Gasteiger partial charge in [0.1, 0.15) is 6.07 Å². The molecular formula is C65H39N7. The fourth-order valence-corrected chi connectivity index (χ4v) is 10.3. The van der Waals surface area contributed by atoms with Crippen LogP contribution in [0.4, 0.5) is 0 Å². The maximum Gasteiger partial charge on any atom is 0.164 e. The van der Waals surface area contributed by atoms with Gasteiger partial charge in [0, 0.05) is 43.8 Å². The molecule has 0 spiro atoms. The number of nitriles is 2. The van der Waals surface area contributed by atoms with E-state index >= 15 is 0 Å². The minimum Gasteiger partial charge on any atom is -0.309 e. The molecule has 0 aliphatic rings. The molecule has 0 unspecified atom stereocenters. The molecule has 10 aromatic carbocycles. The second-order valence-corrected chi connectivity index (χ2v) is 17.8. The lowest BCUT2D eigenvalue weighted by atomic mass is 9.98. The van der Waals surface area contributed by atoms with Gasteiger partial charge in [-0.3, -0.25) is 0 Å². The zero-order valence-electron chi connectivity index (χ0n) is 38.6. The summed E-state index contributed by atoms with van der Waals surface area (Å²) in [6.45, 7) is 0. The Hall–Kier alpha value is -10.2. The molecule has 3 aromatic heterocycles. The van der Waals surface area contributed by atoms with Gasteiger partial charge in [0.2, 0.25) is 0 Å². The number of hydrogen-bond donors (Lipinski definition) is 0. The number of rotatable bonds is 8. The van der Waals surface area contributed by atoms with E-state index in [-0.39, 0.29) is 0 Å². The van der Waals surface area contributed by atoms with Crippen molar-refractivity contribution in [3.8, 4) is 91.1 Å². The summed E-state index contributed by atoms with van der Waals surface area (Å²) >= 11 is 0. The monoisotopic (exact) mass is 917 g/mol. The zero-order valence-corrected chi connectivity index (χ0v) is 38.6. The van der Waals surface area contributed by atoms with Gasteiger partial charge >= 0.3 is 0 Å². The molecule has 0 saturated heterocycles. The summed E-state index contributed by atoms with van der Waals surface area (Å²) in [5, 5.41) is 25.5. The second kappa shape index (κ2) is 17.4. The van der Waals surface area contributed by atoms with Crippen LogP contribution < -0.4 is 0 Å². The number of aromatic nitrogens is 5. The molecule has 0 amide bonds. The van der Waals surface area contributed by atoms with Gasteiger partial charge in [0.15, 0.2) is 17.5 Å². The van der Waals surface area contributed by atoms with Gasteiger partial charge < -0.3 is 9.13 Å². The molecule has 334 valence electrons. The van der Waals surface area contributed by atoms with Crippen LogP contribution in [0.5, 0.6) is 0 Å². The van der Waals surface area contributed by atoms with Crippen LogP contribution in [0.15, 0.2) is 237 Å². The van der Waals surface area contributed by atoms with Crippen LogP contribution in [0.1, 0.15) is 11.1 Å². The van der Waals surface area contributed by atoms with Crippen molar-refractivity contribution in [1.82, 2.24) is 24.1 Å². The average Bonchev–Trinajstić information content (AvgIpc) is 3.97. The molecule has 0 aliphatic carbocycles. The van der Waals surface area contributed by atoms with Gasteiger partial charge in [-0.05, 0) is 113 Å². The Labute approximate surface area is 415 Å². The lowest BCUT2D eigenvalue weighted by molar-refractivity contribution is 1.07. The summed E-state index contributed by atoms with van der Waals surface area (Å²) in [5.74, 6) is 1.41. The van der Waals surface area contributed by atoms with Crippen LogP contribution in [0.25, 0.3) is 123 Å². The van der Waals surface area contributed by atoms with Crippen molar-refractivity contribution in [2.75, 3.05) is 0 Å². The second-order valence-electron chi connectivity index (χ2n) is 17.8. The summed E-state index contributed by atoms with van der Waals surface area (Å²) in [6.07, 6.45) is 0. The fraction of sp³-hybridized carbons (Fsp3) is 0. The molecule has 72 heavy (non-hydrogen) atoms. The SMILES string of the molecule is N#Cc1cccc(-c2cc(-c3nc(-c4ccccc4)nc(-c4ccc(-n5c6ccccc6c6cc(-c7ccccc7)ccc65)c(C#N)c4)n3)ccc2-n2c3ccccc3c3cc(-c4ccccc4)ccc32)c1. The van der Waals surface area contributed by atoms with Crippen LogP contribution >= 0.6 is 0 Å². The van der Waals surface area contributed by atoms with Gasteiger partial charge in [-0.2, -0.15) is 10.5 Å². The van der Waals surface area contributed by atoms with Crippen molar-refractivity contribution < 1.29 is 0 Å². The Bertz CT molecular complexity index is 4350. The Kier molecular flexibility index (Phi) is 10.1. The van der Waals surface area contributed by atoms with Crippen molar-refractivity contribution >= 4 is 43.6 Å². The van der Waals surface area contributed by atoms with Crippen molar-refractivity contribution in [3.05, 3.63) is 248 Å². The molecule has 13 aromatic rings. The zero-order chi connectivity index (χ0) is 48.1. The van der Waals surface area contributed by atoms with Crippen molar-refractivity contribution in [2.24, 2.45) is 0 Å². The van der Waals surface area contributed by atoms with Crippen LogP contribution in [0.3, 0.4) is 0 Å². The summed E-state index contributed by atoms with van der Waals surface area (Å²) in [4.78, 5) is 15.4. The van der Waals surface area contributed by atoms with E-state index in [0.29, 0.717) is 34.2 Å². The number of hydrogen-bond acceptors (Lipinski definition) is 5. The number of fused-ring (bicyclic) bond motifs is 6. The van der Waals surface area contributed by atoms with E-state index in [1.54, 1.807) is 0 Å². The van der Waals surface area contributed by atoms with Crippen LogP contribution in [-0.2, 0) is 0 Å². The van der Waals surface area contributed by atoms with Gasteiger partial charge in [0.05, 0.1) is 50.6 Å². The van der Waals surface area contributed by atoms with E-state index < -0.39 is 0 Å². The van der Waals surface area contributed by atoms with E-state index in [9.17, 15) is 10.5 Å². The highest BCUT2D eigenvalue weighted by molar-refractivity contribution is 6.12. The number of para-hydroxylation sites is 2. The van der Waals surface area contributed by atoms with Crippen LogP contribution in [-0.4, -0.2) is 24.1 Å². The molecule has 7 nitrogen and oxygen atoms in total. The minimum atomic E-state index is 0.436.